The van der Waals surface area contributed by atoms with Crippen molar-refractivity contribution in [3.05, 3.63) is 91.1 Å². The van der Waals surface area contributed by atoms with E-state index < -0.39 is 0 Å². The number of rotatable bonds is 3. The summed E-state index contributed by atoms with van der Waals surface area (Å²) in [5, 5.41) is 1.88. The number of imidazole rings is 1. The Morgan fingerprint density at radius 3 is 2.39 bits per heavy atom. The van der Waals surface area contributed by atoms with Crippen LogP contribution in [0, 0.1) is 6.20 Å². The molecule has 6 nitrogen and oxygen atoms in total. The molecule has 4 aromatic heterocycles. The van der Waals surface area contributed by atoms with Crippen molar-refractivity contribution >= 4 is 54.6 Å². The van der Waals surface area contributed by atoms with E-state index in [2.05, 4.69) is 22.2 Å². The largest absolute Gasteiger partial charge is 0.436 e. The van der Waals surface area contributed by atoms with E-state index in [9.17, 15) is 0 Å². The van der Waals surface area contributed by atoms with E-state index in [0.717, 1.165) is 70.8 Å². The topological polar surface area (TPSA) is 83.4 Å². The lowest BCUT2D eigenvalue weighted by Gasteiger charge is -2.08. The SMILES string of the molecule is [c]1[nH]c2ccc(-c3nc4ccccc4o3)c(-c3nc4ccccc4[nH]3)c2c1-c1nc2ccccc2s1. The molecule has 0 atom stereocenters. The summed E-state index contributed by atoms with van der Waals surface area (Å²) in [5.41, 5.74) is 8.00. The van der Waals surface area contributed by atoms with E-state index in [4.69, 9.17) is 19.4 Å². The molecule has 0 unspecified atom stereocenters. The van der Waals surface area contributed by atoms with Crippen LogP contribution in [0.3, 0.4) is 0 Å². The Labute approximate surface area is 208 Å². The third kappa shape index (κ3) is 2.87. The van der Waals surface area contributed by atoms with Gasteiger partial charge in [0.25, 0.3) is 0 Å². The van der Waals surface area contributed by atoms with Gasteiger partial charge in [-0.2, -0.15) is 0 Å². The van der Waals surface area contributed by atoms with Gasteiger partial charge in [-0.3, -0.25) is 0 Å². The van der Waals surface area contributed by atoms with Crippen LogP contribution in [0.15, 0.2) is 89.3 Å². The summed E-state index contributed by atoms with van der Waals surface area (Å²) < 4.78 is 7.36. The number of nitrogens with zero attached hydrogens (tertiary/aromatic N) is 3. The molecule has 0 aliphatic carbocycles. The molecule has 169 valence electrons. The van der Waals surface area contributed by atoms with Gasteiger partial charge in [0, 0.05) is 27.6 Å². The number of aromatic nitrogens is 5. The molecule has 0 aliphatic rings. The zero-order valence-corrected chi connectivity index (χ0v) is 19.6. The third-order valence-corrected chi connectivity index (χ3v) is 7.49. The maximum Gasteiger partial charge on any atom is 0.228 e. The van der Waals surface area contributed by atoms with Gasteiger partial charge in [0.1, 0.15) is 16.3 Å². The van der Waals surface area contributed by atoms with Crippen molar-refractivity contribution in [2.45, 2.75) is 0 Å². The highest BCUT2D eigenvalue weighted by molar-refractivity contribution is 7.21. The summed E-state index contributed by atoms with van der Waals surface area (Å²) in [6, 6.07) is 28.1. The number of fused-ring (bicyclic) bond motifs is 4. The van der Waals surface area contributed by atoms with Crippen molar-refractivity contribution in [1.82, 2.24) is 24.9 Å². The molecule has 4 aromatic carbocycles. The fraction of sp³-hybridized carbons (Fsp3) is 0. The molecule has 0 saturated heterocycles. The minimum absolute atomic E-state index is 0.546. The normalized spacial score (nSPS) is 11.9. The first-order chi connectivity index (χ1) is 17.8. The molecule has 0 spiro atoms. The summed E-state index contributed by atoms with van der Waals surface area (Å²) in [4.78, 5) is 21.5. The van der Waals surface area contributed by atoms with Crippen molar-refractivity contribution in [1.29, 1.82) is 0 Å². The smallest absolute Gasteiger partial charge is 0.228 e. The zero-order chi connectivity index (χ0) is 23.6. The lowest BCUT2D eigenvalue weighted by atomic mass is 9.99. The lowest BCUT2D eigenvalue weighted by molar-refractivity contribution is 0.620. The molecule has 36 heavy (non-hydrogen) atoms. The van der Waals surface area contributed by atoms with Crippen molar-refractivity contribution in [2.24, 2.45) is 0 Å². The summed E-state index contributed by atoms with van der Waals surface area (Å²) in [6.07, 6.45) is 3.37. The first-order valence-corrected chi connectivity index (χ1v) is 12.4. The Morgan fingerprint density at radius 1 is 0.722 bits per heavy atom. The van der Waals surface area contributed by atoms with Gasteiger partial charge < -0.3 is 14.4 Å². The second-order valence-corrected chi connectivity index (χ2v) is 9.64. The molecule has 0 amide bonds. The zero-order valence-electron chi connectivity index (χ0n) is 18.7. The molecule has 7 heteroatoms. The Balaban J connectivity index is 1.47. The monoisotopic (exact) mass is 482 g/mol. The van der Waals surface area contributed by atoms with E-state index in [1.165, 1.54) is 0 Å². The predicted octanol–water partition coefficient (Wildman–Crippen LogP) is 7.60. The number of nitrogens with one attached hydrogen (secondary N) is 2. The number of oxazole rings is 1. The first kappa shape index (κ1) is 19.5. The van der Waals surface area contributed by atoms with Crippen LogP contribution in [0.5, 0.6) is 0 Å². The fourth-order valence-electron chi connectivity index (χ4n) is 4.78. The number of benzene rings is 4. The highest BCUT2D eigenvalue weighted by Gasteiger charge is 2.23. The second kappa shape index (κ2) is 7.37. The Morgan fingerprint density at radius 2 is 1.53 bits per heavy atom. The predicted molar refractivity (Wildman–Crippen MR) is 144 cm³/mol. The minimum atomic E-state index is 0.546. The van der Waals surface area contributed by atoms with Gasteiger partial charge in [-0.05, 0) is 48.5 Å². The number of hydrogen-bond acceptors (Lipinski definition) is 5. The standard InChI is InChI=1S/C29H16N5OS/c1-2-8-19-18(7-1)31-27(32-19)26-16(28-33-20-9-3-5-11-23(20)35-28)13-14-22-25(26)17(15-30-22)29-34-21-10-4-6-12-24(21)36-29/h1-14,30H,(H,31,32). The highest BCUT2D eigenvalue weighted by atomic mass is 32.1. The van der Waals surface area contributed by atoms with Gasteiger partial charge in [-0.1, -0.05) is 36.4 Å². The molecular formula is C29H16N5OS. The summed E-state index contributed by atoms with van der Waals surface area (Å²) in [7, 11) is 0. The molecule has 0 aliphatic heterocycles. The summed E-state index contributed by atoms with van der Waals surface area (Å²) in [6.45, 7) is 0. The molecule has 2 N–H and O–H groups in total. The van der Waals surface area contributed by atoms with E-state index in [1.807, 2.05) is 78.9 Å². The number of hydrogen-bond donors (Lipinski definition) is 2. The molecule has 8 aromatic rings. The van der Waals surface area contributed by atoms with Crippen LogP contribution >= 0.6 is 11.3 Å². The maximum absolute atomic E-state index is 6.22. The molecule has 4 heterocycles. The molecule has 1 radical (unpaired) electrons. The van der Waals surface area contributed by atoms with Gasteiger partial charge in [0.2, 0.25) is 5.89 Å². The average molecular weight is 483 g/mol. The molecule has 8 rings (SSSR count). The number of H-pyrrole nitrogens is 2. The van der Waals surface area contributed by atoms with Crippen molar-refractivity contribution in [3.63, 3.8) is 0 Å². The first-order valence-electron chi connectivity index (χ1n) is 11.6. The van der Waals surface area contributed by atoms with Crippen molar-refractivity contribution < 1.29 is 4.42 Å². The van der Waals surface area contributed by atoms with Gasteiger partial charge in [-0.15, -0.1) is 11.3 Å². The van der Waals surface area contributed by atoms with Gasteiger partial charge in [-0.25, -0.2) is 15.0 Å². The van der Waals surface area contributed by atoms with Gasteiger partial charge >= 0.3 is 0 Å². The molecular weight excluding hydrogens is 466 g/mol. The van der Waals surface area contributed by atoms with E-state index in [0.29, 0.717) is 5.89 Å². The van der Waals surface area contributed by atoms with E-state index >= 15 is 0 Å². The van der Waals surface area contributed by atoms with Crippen LogP contribution in [-0.4, -0.2) is 24.9 Å². The third-order valence-electron chi connectivity index (χ3n) is 6.44. The fourth-order valence-corrected chi connectivity index (χ4v) is 5.75. The average Bonchev–Trinajstić information content (AvgIpc) is 3.70. The maximum atomic E-state index is 6.22. The summed E-state index contributed by atoms with van der Waals surface area (Å²) in [5.74, 6) is 1.29. The molecule has 0 bridgehead atoms. The van der Waals surface area contributed by atoms with Crippen LogP contribution in [0.4, 0.5) is 0 Å². The van der Waals surface area contributed by atoms with Crippen LogP contribution in [0.25, 0.3) is 76.7 Å². The van der Waals surface area contributed by atoms with Crippen molar-refractivity contribution in [2.75, 3.05) is 0 Å². The van der Waals surface area contributed by atoms with E-state index in [-0.39, 0.29) is 0 Å². The Bertz CT molecular complexity index is 1980. The number of para-hydroxylation sites is 5. The Kier molecular flexibility index (Phi) is 4.00. The molecule has 0 fully saturated rings. The van der Waals surface area contributed by atoms with E-state index in [1.54, 1.807) is 11.3 Å². The van der Waals surface area contributed by atoms with Crippen LogP contribution in [0.1, 0.15) is 0 Å². The van der Waals surface area contributed by atoms with Crippen LogP contribution < -0.4 is 0 Å². The van der Waals surface area contributed by atoms with Crippen molar-refractivity contribution in [3.8, 4) is 33.4 Å². The molecule has 0 saturated carbocycles. The van der Waals surface area contributed by atoms with Crippen LogP contribution in [0.2, 0.25) is 0 Å². The quantitative estimate of drug-likeness (QED) is 0.272. The number of aromatic amines is 2. The highest BCUT2D eigenvalue weighted by Crippen LogP contribution is 2.43. The minimum Gasteiger partial charge on any atom is -0.436 e. The number of thiazole rings is 1. The summed E-state index contributed by atoms with van der Waals surface area (Å²) >= 11 is 1.65. The lowest BCUT2D eigenvalue weighted by Crippen LogP contribution is -1.90. The second-order valence-electron chi connectivity index (χ2n) is 8.61. The van der Waals surface area contributed by atoms with Gasteiger partial charge in [0.05, 0.1) is 27.4 Å². The Hall–Kier alpha value is -4.75. The van der Waals surface area contributed by atoms with Gasteiger partial charge in [0.15, 0.2) is 5.58 Å². The van der Waals surface area contributed by atoms with Crippen LogP contribution in [-0.2, 0) is 0 Å².